The van der Waals surface area contributed by atoms with Crippen molar-refractivity contribution in [1.82, 2.24) is 0 Å². The van der Waals surface area contributed by atoms with Gasteiger partial charge < -0.3 is 5.73 Å². The average molecular weight is 209 g/mol. The van der Waals surface area contributed by atoms with Crippen LogP contribution in [-0.4, -0.2) is 5.75 Å². The molecule has 0 fully saturated rings. The van der Waals surface area contributed by atoms with E-state index in [4.69, 9.17) is 5.73 Å². The van der Waals surface area contributed by atoms with Crippen LogP contribution in [0.3, 0.4) is 0 Å². The van der Waals surface area contributed by atoms with E-state index in [0.717, 1.165) is 11.6 Å². The molecule has 1 nitrogen and oxygen atoms in total. The van der Waals surface area contributed by atoms with Crippen LogP contribution >= 0.6 is 11.8 Å². The molecule has 2 heteroatoms. The first-order chi connectivity index (χ1) is 6.76. The number of anilines is 1. The summed E-state index contributed by atoms with van der Waals surface area (Å²) in [7, 11) is 0. The van der Waals surface area contributed by atoms with Crippen molar-refractivity contribution in [2.45, 2.75) is 31.6 Å². The molecule has 1 rings (SSSR count). The molecule has 78 valence electrons. The molecule has 0 aromatic heterocycles. The van der Waals surface area contributed by atoms with Crippen molar-refractivity contribution in [3.05, 3.63) is 24.3 Å². The third-order valence-corrected chi connectivity index (χ3v) is 3.72. The molecule has 0 amide bonds. The van der Waals surface area contributed by atoms with Crippen molar-refractivity contribution in [3.8, 4) is 0 Å². The first-order valence-corrected chi connectivity index (χ1v) is 6.23. The molecule has 0 aliphatic carbocycles. The third-order valence-electron chi connectivity index (χ3n) is 2.50. The Morgan fingerprint density at radius 1 is 1.29 bits per heavy atom. The third kappa shape index (κ3) is 3.62. The number of hydrogen-bond acceptors (Lipinski definition) is 2. The normalized spacial score (nSPS) is 10.8. The Morgan fingerprint density at radius 2 is 2.00 bits per heavy atom. The fourth-order valence-corrected chi connectivity index (χ4v) is 2.64. The molecule has 1 aromatic carbocycles. The van der Waals surface area contributed by atoms with Crippen LogP contribution in [-0.2, 0) is 0 Å². The summed E-state index contributed by atoms with van der Waals surface area (Å²) in [6.07, 6.45) is 2.54. The van der Waals surface area contributed by atoms with Crippen LogP contribution in [0.25, 0.3) is 0 Å². The molecule has 0 radical (unpaired) electrons. The predicted molar refractivity (Wildman–Crippen MR) is 65.7 cm³/mol. The molecular weight excluding hydrogens is 190 g/mol. The van der Waals surface area contributed by atoms with E-state index >= 15 is 0 Å². The largest absolute Gasteiger partial charge is 0.399 e. The Hall–Kier alpha value is -0.630. The Kier molecular flexibility index (Phi) is 4.88. The molecule has 0 aliphatic heterocycles. The van der Waals surface area contributed by atoms with Gasteiger partial charge in [-0.15, -0.1) is 11.8 Å². The first-order valence-electron chi connectivity index (χ1n) is 5.24. The minimum Gasteiger partial charge on any atom is -0.399 e. The second kappa shape index (κ2) is 5.97. The first kappa shape index (κ1) is 11.4. The maximum absolute atomic E-state index is 5.72. The maximum atomic E-state index is 5.72. The van der Waals surface area contributed by atoms with E-state index < -0.39 is 0 Å². The average Bonchev–Trinajstić information content (AvgIpc) is 2.19. The van der Waals surface area contributed by atoms with Crippen LogP contribution in [0.4, 0.5) is 5.69 Å². The number of thioether (sulfide) groups is 1. The minimum atomic E-state index is 0.835. The molecule has 14 heavy (non-hydrogen) atoms. The van der Waals surface area contributed by atoms with E-state index in [1.54, 1.807) is 0 Å². The van der Waals surface area contributed by atoms with Crippen LogP contribution in [0.1, 0.15) is 26.7 Å². The monoisotopic (exact) mass is 209 g/mol. The highest BCUT2D eigenvalue weighted by atomic mass is 32.2. The summed E-state index contributed by atoms with van der Waals surface area (Å²) in [6.45, 7) is 4.52. The summed E-state index contributed by atoms with van der Waals surface area (Å²) < 4.78 is 0. The molecule has 2 N–H and O–H groups in total. The van der Waals surface area contributed by atoms with Crippen molar-refractivity contribution in [2.24, 2.45) is 5.92 Å². The summed E-state index contributed by atoms with van der Waals surface area (Å²) in [5.41, 5.74) is 6.58. The fraction of sp³-hybridized carbons (Fsp3) is 0.500. The summed E-state index contributed by atoms with van der Waals surface area (Å²) in [4.78, 5) is 1.29. The number of hydrogen-bond donors (Lipinski definition) is 1. The lowest BCUT2D eigenvalue weighted by Crippen LogP contribution is -1.99. The summed E-state index contributed by atoms with van der Waals surface area (Å²) in [5.74, 6) is 2.04. The molecule has 0 saturated heterocycles. The quantitative estimate of drug-likeness (QED) is 0.589. The summed E-state index contributed by atoms with van der Waals surface area (Å²) >= 11 is 1.91. The lowest BCUT2D eigenvalue weighted by Gasteiger charge is -2.11. The minimum absolute atomic E-state index is 0.835. The zero-order valence-electron chi connectivity index (χ0n) is 8.99. The Morgan fingerprint density at radius 3 is 2.57 bits per heavy atom. The van der Waals surface area contributed by atoms with Crippen LogP contribution < -0.4 is 5.73 Å². The Labute approximate surface area is 91.1 Å². The van der Waals surface area contributed by atoms with Crippen LogP contribution in [0, 0.1) is 5.92 Å². The maximum Gasteiger partial charge on any atom is 0.0325 e. The van der Waals surface area contributed by atoms with Gasteiger partial charge in [0.1, 0.15) is 0 Å². The highest BCUT2D eigenvalue weighted by Gasteiger charge is 2.03. The number of nitrogen functional groups attached to an aromatic ring is 1. The van der Waals surface area contributed by atoms with Crippen molar-refractivity contribution in [3.63, 3.8) is 0 Å². The lowest BCUT2D eigenvalue weighted by atomic mass is 10.1. The van der Waals surface area contributed by atoms with E-state index in [1.165, 1.54) is 23.5 Å². The molecule has 0 heterocycles. The van der Waals surface area contributed by atoms with Gasteiger partial charge in [-0.05, 0) is 24.1 Å². The Balaban J connectivity index is 2.44. The number of nitrogens with two attached hydrogens (primary N) is 1. The Bertz CT molecular complexity index is 269. The van der Waals surface area contributed by atoms with E-state index in [-0.39, 0.29) is 0 Å². The van der Waals surface area contributed by atoms with E-state index in [0.29, 0.717) is 0 Å². The van der Waals surface area contributed by atoms with Gasteiger partial charge in [0.2, 0.25) is 0 Å². The van der Waals surface area contributed by atoms with Gasteiger partial charge in [-0.2, -0.15) is 0 Å². The van der Waals surface area contributed by atoms with E-state index in [1.807, 2.05) is 30.0 Å². The zero-order chi connectivity index (χ0) is 10.4. The highest BCUT2D eigenvalue weighted by molar-refractivity contribution is 7.99. The molecule has 0 aliphatic rings. The molecule has 0 unspecified atom stereocenters. The summed E-state index contributed by atoms with van der Waals surface area (Å²) in [6, 6.07) is 8.13. The second-order valence-electron chi connectivity index (χ2n) is 3.57. The van der Waals surface area contributed by atoms with Gasteiger partial charge in [0, 0.05) is 16.3 Å². The smallest absolute Gasteiger partial charge is 0.0325 e. The van der Waals surface area contributed by atoms with E-state index in [9.17, 15) is 0 Å². The molecule has 0 atom stereocenters. The van der Waals surface area contributed by atoms with E-state index in [2.05, 4.69) is 19.9 Å². The van der Waals surface area contributed by atoms with Gasteiger partial charge in [-0.25, -0.2) is 0 Å². The van der Waals surface area contributed by atoms with Crippen LogP contribution in [0.2, 0.25) is 0 Å². The molecule has 0 bridgehead atoms. The predicted octanol–water partition coefficient (Wildman–Crippen LogP) is 3.80. The van der Waals surface area contributed by atoms with Gasteiger partial charge in [-0.3, -0.25) is 0 Å². The van der Waals surface area contributed by atoms with Gasteiger partial charge in [0.25, 0.3) is 0 Å². The van der Waals surface area contributed by atoms with Gasteiger partial charge in [0.15, 0.2) is 0 Å². The second-order valence-corrected chi connectivity index (χ2v) is 4.66. The zero-order valence-corrected chi connectivity index (χ0v) is 9.81. The van der Waals surface area contributed by atoms with Gasteiger partial charge in [-0.1, -0.05) is 32.8 Å². The molecular formula is C12H19NS. The van der Waals surface area contributed by atoms with Crippen LogP contribution in [0.15, 0.2) is 29.2 Å². The van der Waals surface area contributed by atoms with Gasteiger partial charge in [0.05, 0.1) is 0 Å². The van der Waals surface area contributed by atoms with Crippen molar-refractivity contribution in [2.75, 3.05) is 11.5 Å². The van der Waals surface area contributed by atoms with Gasteiger partial charge >= 0.3 is 0 Å². The SMILES string of the molecule is CCC(CC)CSc1cccc(N)c1. The van der Waals surface area contributed by atoms with Crippen LogP contribution in [0.5, 0.6) is 0 Å². The highest BCUT2D eigenvalue weighted by Crippen LogP contribution is 2.24. The van der Waals surface area contributed by atoms with Crippen molar-refractivity contribution in [1.29, 1.82) is 0 Å². The molecule has 0 spiro atoms. The number of benzene rings is 1. The van der Waals surface area contributed by atoms with Crippen molar-refractivity contribution >= 4 is 17.4 Å². The topological polar surface area (TPSA) is 26.0 Å². The number of rotatable bonds is 5. The molecule has 1 aromatic rings. The fourth-order valence-electron chi connectivity index (χ4n) is 1.34. The standard InChI is InChI=1S/C12H19NS/c1-3-10(4-2)9-14-12-7-5-6-11(13)8-12/h5-8,10H,3-4,9,13H2,1-2H3. The molecule has 0 saturated carbocycles. The summed E-state index contributed by atoms with van der Waals surface area (Å²) in [5, 5.41) is 0. The van der Waals surface area contributed by atoms with Crippen molar-refractivity contribution < 1.29 is 0 Å². The lowest BCUT2D eigenvalue weighted by molar-refractivity contribution is 0.554.